The minimum absolute atomic E-state index is 0.614. The SMILES string of the molecule is C=CCCCCCCCCCCCC[NH]. The van der Waals surface area contributed by atoms with E-state index in [-0.39, 0.29) is 0 Å². The van der Waals surface area contributed by atoms with Crippen LogP contribution in [0.2, 0.25) is 0 Å². The third-order valence-corrected chi connectivity index (χ3v) is 2.84. The van der Waals surface area contributed by atoms with Crippen LogP contribution in [0.3, 0.4) is 0 Å². The van der Waals surface area contributed by atoms with Gasteiger partial charge in [-0.3, -0.25) is 5.73 Å². The fourth-order valence-electron chi connectivity index (χ4n) is 1.83. The highest BCUT2D eigenvalue weighted by atomic mass is 14.5. The van der Waals surface area contributed by atoms with E-state index < -0.39 is 0 Å². The van der Waals surface area contributed by atoms with E-state index in [0.29, 0.717) is 6.54 Å². The van der Waals surface area contributed by atoms with Crippen molar-refractivity contribution in [1.29, 1.82) is 0 Å². The second kappa shape index (κ2) is 13.7. The molecule has 0 saturated heterocycles. The Morgan fingerprint density at radius 1 is 0.667 bits per heavy atom. The average molecular weight is 210 g/mol. The van der Waals surface area contributed by atoms with Crippen molar-refractivity contribution in [2.45, 2.75) is 70.6 Å². The topological polar surface area (TPSA) is 23.8 Å². The van der Waals surface area contributed by atoms with E-state index in [1.54, 1.807) is 0 Å². The molecule has 0 aromatic carbocycles. The van der Waals surface area contributed by atoms with Crippen LogP contribution in [0.15, 0.2) is 12.7 Å². The van der Waals surface area contributed by atoms with Gasteiger partial charge in [0.05, 0.1) is 0 Å². The Bertz CT molecular complexity index is 121. The summed E-state index contributed by atoms with van der Waals surface area (Å²) in [5, 5.41) is 0. The van der Waals surface area contributed by atoms with Crippen molar-refractivity contribution in [3.63, 3.8) is 0 Å². The highest BCUT2D eigenvalue weighted by Gasteiger charge is 1.92. The maximum absolute atomic E-state index is 7.02. The van der Waals surface area contributed by atoms with Gasteiger partial charge in [0.25, 0.3) is 0 Å². The quantitative estimate of drug-likeness (QED) is 0.328. The number of hydrogen-bond acceptors (Lipinski definition) is 0. The maximum atomic E-state index is 7.02. The first-order valence-electron chi connectivity index (χ1n) is 6.67. The summed E-state index contributed by atoms with van der Waals surface area (Å²) in [6.45, 7) is 4.34. The molecule has 0 fully saturated rings. The van der Waals surface area contributed by atoms with Crippen LogP contribution < -0.4 is 5.73 Å². The van der Waals surface area contributed by atoms with Crippen LogP contribution in [0.25, 0.3) is 0 Å². The predicted octanol–water partition coefficient (Wildman–Crippen LogP) is 4.75. The molecule has 0 saturated carbocycles. The molecule has 1 radical (unpaired) electrons. The van der Waals surface area contributed by atoms with Crippen LogP contribution in [0.1, 0.15) is 70.6 Å². The van der Waals surface area contributed by atoms with E-state index in [9.17, 15) is 0 Å². The minimum Gasteiger partial charge on any atom is -0.258 e. The van der Waals surface area contributed by atoms with Crippen molar-refractivity contribution in [3.8, 4) is 0 Å². The lowest BCUT2D eigenvalue weighted by Gasteiger charge is -2.01. The largest absolute Gasteiger partial charge is 0.258 e. The summed E-state index contributed by atoms with van der Waals surface area (Å²) in [6.07, 6.45) is 16.6. The van der Waals surface area contributed by atoms with Crippen molar-refractivity contribution < 1.29 is 0 Å². The number of unbranched alkanes of at least 4 members (excludes halogenated alkanes) is 10. The van der Waals surface area contributed by atoms with Crippen molar-refractivity contribution in [1.82, 2.24) is 5.73 Å². The highest BCUT2D eigenvalue weighted by molar-refractivity contribution is 4.65. The Kier molecular flexibility index (Phi) is 13.4. The molecule has 0 atom stereocenters. The molecular weight excluding hydrogens is 182 g/mol. The monoisotopic (exact) mass is 210 g/mol. The van der Waals surface area contributed by atoms with Gasteiger partial charge in [0.2, 0.25) is 0 Å². The van der Waals surface area contributed by atoms with Crippen molar-refractivity contribution >= 4 is 0 Å². The Balaban J connectivity index is 2.83. The molecule has 0 aliphatic rings. The van der Waals surface area contributed by atoms with Crippen molar-refractivity contribution in [2.75, 3.05) is 6.54 Å². The van der Waals surface area contributed by atoms with Crippen LogP contribution in [0.5, 0.6) is 0 Å². The smallest absolute Gasteiger partial charge is 0.00997 e. The summed E-state index contributed by atoms with van der Waals surface area (Å²) in [4.78, 5) is 0. The lowest BCUT2D eigenvalue weighted by molar-refractivity contribution is 0.553. The van der Waals surface area contributed by atoms with Gasteiger partial charge in [0.1, 0.15) is 0 Å². The first-order valence-corrected chi connectivity index (χ1v) is 6.67. The summed E-state index contributed by atoms with van der Waals surface area (Å²) in [5.41, 5.74) is 7.02. The van der Waals surface area contributed by atoms with Gasteiger partial charge in [-0.15, -0.1) is 6.58 Å². The molecule has 0 spiro atoms. The molecule has 15 heavy (non-hydrogen) atoms. The third kappa shape index (κ3) is 13.7. The van der Waals surface area contributed by atoms with E-state index in [0.717, 1.165) is 6.42 Å². The summed E-state index contributed by atoms with van der Waals surface area (Å²) in [5.74, 6) is 0. The van der Waals surface area contributed by atoms with Gasteiger partial charge in [-0.2, -0.15) is 0 Å². The molecule has 0 bridgehead atoms. The number of hydrogen-bond donors (Lipinski definition) is 0. The summed E-state index contributed by atoms with van der Waals surface area (Å²) < 4.78 is 0. The molecule has 0 aromatic rings. The molecule has 89 valence electrons. The molecule has 0 heterocycles. The first kappa shape index (κ1) is 14.7. The molecular formula is C14H28N. The zero-order valence-electron chi connectivity index (χ0n) is 10.3. The standard InChI is InChI=1S/C14H28N/c1-2-3-4-5-6-7-8-9-10-11-12-13-14-15/h2,15H,1,3-14H2. The molecule has 1 heteroatoms. The van der Waals surface area contributed by atoms with Gasteiger partial charge < -0.3 is 0 Å². The van der Waals surface area contributed by atoms with Crippen molar-refractivity contribution in [2.24, 2.45) is 0 Å². The zero-order valence-corrected chi connectivity index (χ0v) is 10.3. The summed E-state index contributed by atoms with van der Waals surface area (Å²) >= 11 is 0. The van der Waals surface area contributed by atoms with Crippen LogP contribution >= 0.6 is 0 Å². The Hall–Kier alpha value is -0.300. The third-order valence-electron chi connectivity index (χ3n) is 2.84. The lowest BCUT2D eigenvalue weighted by atomic mass is 10.1. The van der Waals surface area contributed by atoms with E-state index in [4.69, 9.17) is 5.73 Å². The van der Waals surface area contributed by atoms with E-state index >= 15 is 0 Å². The maximum Gasteiger partial charge on any atom is 0.00997 e. The van der Waals surface area contributed by atoms with Gasteiger partial charge in [-0.1, -0.05) is 57.4 Å². The average Bonchev–Trinajstić information content (AvgIpc) is 2.26. The molecule has 1 nitrogen and oxygen atoms in total. The first-order chi connectivity index (χ1) is 7.41. The van der Waals surface area contributed by atoms with Crippen LogP contribution in [-0.2, 0) is 0 Å². The second-order valence-corrected chi connectivity index (χ2v) is 4.36. The zero-order chi connectivity index (χ0) is 11.2. The minimum atomic E-state index is 0.614. The number of rotatable bonds is 12. The van der Waals surface area contributed by atoms with Crippen molar-refractivity contribution in [3.05, 3.63) is 12.7 Å². The normalized spacial score (nSPS) is 10.5. The van der Waals surface area contributed by atoms with Crippen LogP contribution in [0, 0.1) is 0 Å². The van der Waals surface area contributed by atoms with Crippen LogP contribution in [0.4, 0.5) is 0 Å². The Labute approximate surface area is 96.1 Å². The molecule has 0 aliphatic carbocycles. The summed E-state index contributed by atoms with van der Waals surface area (Å²) in [7, 11) is 0. The van der Waals surface area contributed by atoms with E-state index in [1.165, 1.54) is 64.2 Å². The lowest BCUT2D eigenvalue weighted by Crippen LogP contribution is -1.85. The van der Waals surface area contributed by atoms with Gasteiger partial charge in [0, 0.05) is 6.54 Å². The second-order valence-electron chi connectivity index (χ2n) is 4.36. The molecule has 1 N–H and O–H groups in total. The van der Waals surface area contributed by atoms with E-state index in [2.05, 4.69) is 6.58 Å². The van der Waals surface area contributed by atoms with Crippen LogP contribution in [-0.4, -0.2) is 6.54 Å². The fourth-order valence-corrected chi connectivity index (χ4v) is 1.83. The van der Waals surface area contributed by atoms with Gasteiger partial charge in [-0.05, 0) is 19.3 Å². The number of allylic oxidation sites excluding steroid dienone is 1. The molecule has 0 amide bonds. The van der Waals surface area contributed by atoms with E-state index in [1.807, 2.05) is 6.08 Å². The molecule has 0 unspecified atom stereocenters. The van der Waals surface area contributed by atoms with Gasteiger partial charge in [0.15, 0.2) is 0 Å². The molecule has 0 rings (SSSR count). The highest BCUT2D eigenvalue weighted by Crippen LogP contribution is 2.11. The number of nitrogens with one attached hydrogen (secondary N) is 1. The van der Waals surface area contributed by atoms with Gasteiger partial charge >= 0.3 is 0 Å². The fraction of sp³-hybridized carbons (Fsp3) is 0.857. The molecule has 0 aromatic heterocycles. The predicted molar refractivity (Wildman–Crippen MR) is 68.9 cm³/mol. The Morgan fingerprint density at radius 3 is 1.47 bits per heavy atom. The molecule has 0 aliphatic heterocycles. The Morgan fingerprint density at radius 2 is 1.07 bits per heavy atom. The van der Waals surface area contributed by atoms with Gasteiger partial charge in [-0.25, -0.2) is 0 Å². The summed E-state index contributed by atoms with van der Waals surface area (Å²) in [6, 6.07) is 0.